The number of rotatable bonds is 5. The zero-order valence-corrected chi connectivity index (χ0v) is 18.0. The second-order valence-electron chi connectivity index (χ2n) is 6.50. The molecule has 0 spiro atoms. The highest BCUT2D eigenvalue weighted by Gasteiger charge is 2.11. The Morgan fingerprint density at radius 1 is 1.00 bits per heavy atom. The molecular weight excluding hydrogens is 430 g/mol. The molecule has 0 fully saturated rings. The van der Waals surface area contributed by atoms with Crippen molar-refractivity contribution in [1.82, 2.24) is 9.55 Å². The standard InChI is InChI=1S/C23H20BrN3S/c1-17-8-2-5-12-21(17)26-23-27(15-13-18-9-6-7-14-25-18)22(16-28-23)19-10-3-4-11-20(19)24/h2-12,14,16H,13,15H2,1H3. The molecule has 0 aliphatic heterocycles. The zero-order chi connectivity index (χ0) is 19.3. The van der Waals surface area contributed by atoms with E-state index >= 15 is 0 Å². The Bertz CT molecular complexity index is 1150. The number of aryl methyl sites for hydroxylation is 2. The molecule has 140 valence electrons. The normalized spacial score (nSPS) is 11.7. The van der Waals surface area contributed by atoms with Gasteiger partial charge in [0.15, 0.2) is 4.80 Å². The van der Waals surface area contributed by atoms with Crippen LogP contribution in [-0.4, -0.2) is 9.55 Å². The summed E-state index contributed by atoms with van der Waals surface area (Å²) in [6.45, 7) is 2.92. The number of aromatic nitrogens is 2. The summed E-state index contributed by atoms with van der Waals surface area (Å²) in [6, 6.07) is 22.6. The summed E-state index contributed by atoms with van der Waals surface area (Å²) in [5.41, 5.74) is 5.61. The van der Waals surface area contributed by atoms with Gasteiger partial charge in [0.1, 0.15) is 0 Å². The number of halogens is 1. The molecule has 0 saturated heterocycles. The van der Waals surface area contributed by atoms with Crippen LogP contribution in [0.15, 0.2) is 87.8 Å². The number of hydrogen-bond donors (Lipinski definition) is 0. The molecule has 0 radical (unpaired) electrons. The van der Waals surface area contributed by atoms with Gasteiger partial charge in [-0.05, 0) is 36.8 Å². The highest BCUT2D eigenvalue weighted by Crippen LogP contribution is 2.29. The second-order valence-corrected chi connectivity index (χ2v) is 8.20. The summed E-state index contributed by atoms with van der Waals surface area (Å²) in [4.78, 5) is 10.4. The van der Waals surface area contributed by atoms with Crippen molar-refractivity contribution in [2.24, 2.45) is 4.99 Å². The number of para-hydroxylation sites is 1. The highest BCUT2D eigenvalue weighted by atomic mass is 79.9. The van der Waals surface area contributed by atoms with Crippen molar-refractivity contribution in [2.75, 3.05) is 0 Å². The maximum Gasteiger partial charge on any atom is 0.190 e. The third-order valence-electron chi connectivity index (χ3n) is 4.60. The van der Waals surface area contributed by atoms with Gasteiger partial charge in [0.2, 0.25) is 0 Å². The topological polar surface area (TPSA) is 30.2 Å². The van der Waals surface area contributed by atoms with Crippen LogP contribution in [0.3, 0.4) is 0 Å². The van der Waals surface area contributed by atoms with Gasteiger partial charge in [-0.25, -0.2) is 4.99 Å². The molecule has 2 aromatic carbocycles. The van der Waals surface area contributed by atoms with Crippen molar-refractivity contribution in [3.8, 4) is 11.3 Å². The Morgan fingerprint density at radius 3 is 2.57 bits per heavy atom. The van der Waals surface area contributed by atoms with E-state index in [1.54, 1.807) is 11.3 Å². The zero-order valence-electron chi connectivity index (χ0n) is 15.5. The Morgan fingerprint density at radius 2 is 1.79 bits per heavy atom. The van der Waals surface area contributed by atoms with Gasteiger partial charge < -0.3 is 4.57 Å². The van der Waals surface area contributed by atoms with Crippen LogP contribution in [0.2, 0.25) is 0 Å². The molecule has 0 N–H and O–H groups in total. The van der Waals surface area contributed by atoms with Crippen LogP contribution in [-0.2, 0) is 13.0 Å². The van der Waals surface area contributed by atoms with Crippen LogP contribution in [0.5, 0.6) is 0 Å². The lowest BCUT2D eigenvalue weighted by Crippen LogP contribution is -2.17. The average Bonchev–Trinajstić information content (AvgIpc) is 3.11. The van der Waals surface area contributed by atoms with E-state index in [0.717, 1.165) is 33.6 Å². The van der Waals surface area contributed by atoms with E-state index in [0.29, 0.717) is 0 Å². The quantitative estimate of drug-likeness (QED) is 0.358. The van der Waals surface area contributed by atoms with Crippen molar-refractivity contribution in [2.45, 2.75) is 19.9 Å². The third kappa shape index (κ3) is 4.16. The molecule has 0 unspecified atom stereocenters. The summed E-state index contributed by atoms with van der Waals surface area (Å²) in [5, 5.41) is 2.19. The van der Waals surface area contributed by atoms with E-state index in [2.05, 4.69) is 74.2 Å². The van der Waals surface area contributed by atoms with Gasteiger partial charge in [-0.1, -0.05) is 58.4 Å². The molecule has 28 heavy (non-hydrogen) atoms. The van der Waals surface area contributed by atoms with Gasteiger partial charge in [-0.15, -0.1) is 11.3 Å². The molecule has 0 aliphatic rings. The van der Waals surface area contributed by atoms with Gasteiger partial charge in [0.05, 0.1) is 11.4 Å². The minimum absolute atomic E-state index is 0.821. The predicted octanol–water partition coefficient (Wildman–Crippen LogP) is 6.16. The van der Waals surface area contributed by atoms with E-state index in [4.69, 9.17) is 4.99 Å². The number of benzene rings is 2. The predicted molar refractivity (Wildman–Crippen MR) is 120 cm³/mol. The maximum atomic E-state index is 4.97. The minimum atomic E-state index is 0.821. The molecule has 0 amide bonds. The second kappa shape index (κ2) is 8.67. The first kappa shape index (κ1) is 18.8. The number of hydrogen-bond acceptors (Lipinski definition) is 3. The molecule has 0 saturated carbocycles. The van der Waals surface area contributed by atoms with Crippen LogP contribution >= 0.6 is 27.3 Å². The van der Waals surface area contributed by atoms with Gasteiger partial charge in [0.25, 0.3) is 0 Å². The molecule has 2 heterocycles. The first-order valence-electron chi connectivity index (χ1n) is 9.16. The van der Waals surface area contributed by atoms with E-state index in [1.165, 1.54) is 16.8 Å². The molecule has 4 rings (SSSR count). The molecule has 2 aromatic heterocycles. The van der Waals surface area contributed by atoms with Gasteiger partial charge in [-0.3, -0.25) is 4.98 Å². The largest absolute Gasteiger partial charge is 0.316 e. The van der Waals surface area contributed by atoms with Gasteiger partial charge in [-0.2, -0.15) is 0 Å². The molecule has 3 nitrogen and oxygen atoms in total. The molecule has 4 aromatic rings. The number of nitrogens with zero attached hydrogens (tertiary/aromatic N) is 3. The summed E-state index contributed by atoms with van der Waals surface area (Å²) >= 11 is 5.37. The Kier molecular flexibility index (Phi) is 5.84. The van der Waals surface area contributed by atoms with Gasteiger partial charge >= 0.3 is 0 Å². The average molecular weight is 450 g/mol. The molecule has 0 aliphatic carbocycles. The van der Waals surface area contributed by atoms with Crippen LogP contribution < -0.4 is 4.80 Å². The van der Waals surface area contributed by atoms with Crippen molar-refractivity contribution >= 4 is 33.0 Å². The lowest BCUT2D eigenvalue weighted by molar-refractivity contribution is 0.674. The number of thiazole rings is 1. The lowest BCUT2D eigenvalue weighted by atomic mass is 10.1. The highest BCUT2D eigenvalue weighted by molar-refractivity contribution is 9.10. The van der Waals surface area contributed by atoms with Crippen LogP contribution in [0.1, 0.15) is 11.3 Å². The monoisotopic (exact) mass is 449 g/mol. The van der Waals surface area contributed by atoms with E-state index in [9.17, 15) is 0 Å². The minimum Gasteiger partial charge on any atom is -0.316 e. The van der Waals surface area contributed by atoms with Crippen molar-refractivity contribution in [1.29, 1.82) is 0 Å². The summed E-state index contributed by atoms with van der Waals surface area (Å²) in [5.74, 6) is 0. The van der Waals surface area contributed by atoms with Crippen molar-refractivity contribution in [3.05, 3.63) is 98.8 Å². The van der Waals surface area contributed by atoms with Crippen molar-refractivity contribution in [3.63, 3.8) is 0 Å². The summed E-state index contributed by atoms with van der Waals surface area (Å²) in [6.07, 6.45) is 2.71. The van der Waals surface area contributed by atoms with Crippen LogP contribution in [0, 0.1) is 6.92 Å². The molecular formula is C23H20BrN3S. The molecule has 5 heteroatoms. The Hall–Kier alpha value is -2.50. The Balaban J connectivity index is 1.80. The molecule has 0 atom stereocenters. The number of pyridine rings is 1. The van der Waals surface area contributed by atoms with E-state index in [-0.39, 0.29) is 0 Å². The fourth-order valence-electron chi connectivity index (χ4n) is 3.08. The Labute approximate surface area is 177 Å². The smallest absolute Gasteiger partial charge is 0.190 e. The summed E-state index contributed by atoms with van der Waals surface area (Å²) in [7, 11) is 0. The third-order valence-corrected chi connectivity index (χ3v) is 6.15. The van der Waals surface area contributed by atoms with Crippen molar-refractivity contribution < 1.29 is 0 Å². The van der Waals surface area contributed by atoms with E-state index < -0.39 is 0 Å². The van der Waals surface area contributed by atoms with Gasteiger partial charge in [0, 0.05) is 40.3 Å². The fraction of sp³-hybridized carbons (Fsp3) is 0.130. The molecule has 0 bridgehead atoms. The SMILES string of the molecule is Cc1ccccc1N=c1scc(-c2ccccc2Br)n1CCc1ccccn1. The summed E-state index contributed by atoms with van der Waals surface area (Å²) < 4.78 is 3.38. The fourth-order valence-corrected chi connectivity index (χ4v) is 4.51. The lowest BCUT2D eigenvalue weighted by Gasteiger charge is -2.11. The van der Waals surface area contributed by atoms with Crippen LogP contribution in [0.25, 0.3) is 11.3 Å². The first-order valence-corrected chi connectivity index (χ1v) is 10.8. The van der Waals surface area contributed by atoms with Crippen LogP contribution in [0.4, 0.5) is 5.69 Å². The van der Waals surface area contributed by atoms with E-state index in [1.807, 2.05) is 36.5 Å². The first-order chi connectivity index (χ1) is 13.7. The maximum absolute atomic E-state index is 4.97.